The molecule has 27 heavy (non-hydrogen) atoms. The molecule has 9 nitrogen and oxygen atoms in total. The number of carbonyl (C=O) groups excluding carboxylic acids is 2. The maximum absolute atomic E-state index is 12.5. The lowest BCUT2D eigenvalue weighted by Gasteiger charge is -2.34. The summed E-state index contributed by atoms with van der Waals surface area (Å²) in [4.78, 5) is 28.0. The van der Waals surface area contributed by atoms with Gasteiger partial charge in [0.15, 0.2) is 0 Å². The third kappa shape index (κ3) is 5.83. The zero-order valence-electron chi connectivity index (χ0n) is 15.8. The van der Waals surface area contributed by atoms with Crippen LogP contribution in [-0.2, 0) is 10.0 Å². The molecule has 1 aliphatic rings. The van der Waals surface area contributed by atoms with Crippen LogP contribution < -0.4 is 10.1 Å². The number of urea groups is 1. The molecule has 1 saturated heterocycles. The van der Waals surface area contributed by atoms with Crippen molar-refractivity contribution in [3.63, 3.8) is 0 Å². The Bertz CT molecular complexity index is 758. The molecule has 0 unspecified atom stereocenters. The van der Waals surface area contributed by atoms with E-state index in [1.54, 1.807) is 41.2 Å². The molecule has 3 amide bonds. The molecule has 0 bridgehead atoms. The van der Waals surface area contributed by atoms with Crippen LogP contribution in [0.1, 0.15) is 10.4 Å². The maximum atomic E-state index is 12.5. The van der Waals surface area contributed by atoms with Crippen molar-refractivity contribution in [3.8, 4) is 5.75 Å². The number of carbonyl (C=O) groups is 2. The second kappa shape index (κ2) is 9.05. The Morgan fingerprint density at radius 2 is 1.67 bits per heavy atom. The molecule has 150 valence electrons. The van der Waals surface area contributed by atoms with Gasteiger partial charge in [0.25, 0.3) is 5.91 Å². The number of methoxy groups -OCH3 is 1. The van der Waals surface area contributed by atoms with Crippen LogP contribution in [-0.4, -0.2) is 94.1 Å². The van der Waals surface area contributed by atoms with Gasteiger partial charge in [0.2, 0.25) is 10.0 Å². The van der Waals surface area contributed by atoms with E-state index >= 15 is 0 Å². The normalized spacial score (nSPS) is 15.0. The molecule has 1 N–H and O–H groups in total. The molecular formula is C17H26N4O5S. The van der Waals surface area contributed by atoms with Crippen molar-refractivity contribution in [2.24, 2.45) is 0 Å². The van der Waals surface area contributed by atoms with Crippen LogP contribution in [0.15, 0.2) is 24.3 Å². The van der Waals surface area contributed by atoms with Gasteiger partial charge in [-0.15, -0.1) is 0 Å². The minimum absolute atomic E-state index is 0.0764. The lowest BCUT2D eigenvalue weighted by molar-refractivity contribution is 0.0665. The van der Waals surface area contributed by atoms with Crippen molar-refractivity contribution in [3.05, 3.63) is 29.8 Å². The van der Waals surface area contributed by atoms with Crippen LogP contribution in [0.5, 0.6) is 5.75 Å². The summed E-state index contributed by atoms with van der Waals surface area (Å²) >= 11 is 0. The number of hydrogen-bond acceptors (Lipinski definition) is 5. The highest BCUT2D eigenvalue weighted by Crippen LogP contribution is 2.14. The van der Waals surface area contributed by atoms with Gasteiger partial charge in [0.05, 0.1) is 13.4 Å². The van der Waals surface area contributed by atoms with E-state index in [0.29, 0.717) is 37.5 Å². The number of likely N-dealkylation sites (N-methyl/N-ethyl adjacent to an activating group) is 1. The highest BCUT2D eigenvalue weighted by molar-refractivity contribution is 7.88. The Labute approximate surface area is 159 Å². The van der Waals surface area contributed by atoms with Gasteiger partial charge in [-0.25, -0.2) is 17.5 Å². The summed E-state index contributed by atoms with van der Waals surface area (Å²) in [6.45, 7) is 2.18. The number of ether oxygens (including phenoxy) is 1. The fraction of sp³-hybridized carbons (Fsp3) is 0.529. The van der Waals surface area contributed by atoms with Gasteiger partial charge in [0, 0.05) is 51.9 Å². The largest absolute Gasteiger partial charge is 0.497 e. The fourth-order valence-electron chi connectivity index (χ4n) is 2.63. The third-order valence-electron chi connectivity index (χ3n) is 4.46. The molecule has 1 aromatic rings. The molecule has 0 spiro atoms. The van der Waals surface area contributed by atoms with Crippen molar-refractivity contribution in [2.75, 3.05) is 59.7 Å². The molecule has 0 radical (unpaired) electrons. The van der Waals surface area contributed by atoms with Gasteiger partial charge in [-0.05, 0) is 24.3 Å². The summed E-state index contributed by atoms with van der Waals surface area (Å²) in [5.41, 5.74) is 0.581. The molecule has 0 aromatic heterocycles. The van der Waals surface area contributed by atoms with Crippen molar-refractivity contribution in [1.82, 2.24) is 19.4 Å². The Balaban J connectivity index is 1.78. The second-order valence-electron chi connectivity index (χ2n) is 6.32. The van der Waals surface area contributed by atoms with E-state index in [0.717, 1.165) is 6.26 Å². The second-order valence-corrected chi connectivity index (χ2v) is 8.41. The summed E-state index contributed by atoms with van der Waals surface area (Å²) in [7, 11) is -0.224. The van der Waals surface area contributed by atoms with Gasteiger partial charge in [-0.1, -0.05) is 0 Å². The predicted octanol–water partition coefficient (Wildman–Crippen LogP) is 0.0540. The minimum Gasteiger partial charge on any atom is -0.497 e. The van der Waals surface area contributed by atoms with Crippen LogP contribution in [0.4, 0.5) is 4.79 Å². The lowest BCUT2D eigenvalue weighted by Crippen LogP contribution is -2.53. The molecule has 1 aliphatic heterocycles. The molecular weight excluding hydrogens is 372 g/mol. The van der Waals surface area contributed by atoms with E-state index in [9.17, 15) is 18.0 Å². The predicted molar refractivity (Wildman–Crippen MR) is 101 cm³/mol. The Kier molecular flexibility index (Phi) is 7.03. The molecule has 2 rings (SSSR count). The third-order valence-corrected chi connectivity index (χ3v) is 5.78. The van der Waals surface area contributed by atoms with Gasteiger partial charge in [0.1, 0.15) is 5.75 Å². The molecule has 1 aromatic carbocycles. The van der Waals surface area contributed by atoms with E-state index in [1.165, 1.54) is 11.4 Å². The average Bonchev–Trinajstić information content (AvgIpc) is 2.66. The van der Waals surface area contributed by atoms with Gasteiger partial charge < -0.3 is 19.9 Å². The molecule has 0 aliphatic carbocycles. The summed E-state index contributed by atoms with van der Waals surface area (Å²) in [5.74, 6) is 0.613. The van der Waals surface area contributed by atoms with E-state index in [-0.39, 0.29) is 25.0 Å². The van der Waals surface area contributed by atoms with E-state index in [1.807, 2.05) is 0 Å². The summed E-state index contributed by atoms with van der Waals surface area (Å²) < 4.78 is 28.9. The number of benzene rings is 1. The lowest BCUT2D eigenvalue weighted by atomic mass is 10.1. The van der Waals surface area contributed by atoms with Gasteiger partial charge >= 0.3 is 6.03 Å². The molecule has 10 heteroatoms. The van der Waals surface area contributed by atoms with Gasteiger partial charge in [-0.2, -0.15) is 0 Å². The number of piperazine rings is 1. The summed E-state index contributed by atoms with van der Waals surface area (Å²) in [6, 6.07) is 6.67. The Hall–Kier alpha value is -2.33. The van der Waals surface area contributed by atoms with Crippen molar-refractivity contribution in [2.45, 2.75) is 0 Å². The average molecular weight is 398 g/mol. The molecule has 0 atom stereocenters. The summed E-state index contributed by atoms with van der Waals surface area (Å²) in [5, 5.41) is 2.71. The zero-order chi connectivity index (χ0) is 20.0. The van der Waals surface area contributed by atoms with Crippen LogP contribution in [0, 0.1) is 0 Å². The quantitative estimate of drug-likeness (QED) is 0.730. The number of rotatable bonds is 6. The highest BCUT2D eigenvalue weighted by Gasteiger charge is 2.25. The molecule has 1 heterocycles. The maximum Gasteiger partial charge on any atom is 0.317 e. The van der Waals surface area contributed by atoms with Gasteiger partial charge in [-0.3, -0.25) is 4.79 Å². The topological polar surface area (TPSA) is 99.3 Å². The molecule has 1 fully saturated rings. The van der Waals surface area contributed by atoms with E-state index in [2.05, 4.69) is 5.32 Å². The standard InChI is InChI=1S/C17H26N4O5S/c1-19(27(3,24)25)9-8-18-17(23)21-12-10-20(11-13-21)16(22)14-4-6-15(26-2)7-5-14/h4-7H,8-13H2,1-3H3,(H,18,23). The van der Waals surface area contributed by atoms with Crippen molar-refractivity contribution >= 4 is 22.0 Å². The van der Waals surface area contributed by atoms with Crippen LogP contribution in [0.3, 0.4) is 0 Å². The van der Waals surface area contributed by atoms with Crippen molar-refractivity contribution in [1.29, 1.82) is 0 Å². The number of hydrogen-bond donors (Lipinski definition) is 1. The zero-order valence-corrected chi connectivity index (χ0v) is 16.7. The number of nitrogens with zero attached hydrogens (tertiary/aromatic N) is 3. The Morgan fingerprint density at radius 3 is 2.19 bits per heavy atom. The summed E-state index contributed by atoms with van der Waals surface area (Å²) in [6.07, 6.45) is 1.12. The van der Waals surface area contributed by atoms with Crippen LogP contribution in [0.25, 0.3) is 0 Å². The fourth-order valence-corrected chi connectivity index (χ4v) is 3.05. The number of nitrogens with one attached hydrogen (secondary N) is 1. The number of amides is 3. The first kappa shape index (κ1) is 21.0. The first-order valence-electron chi connectivity index (χ1n) is 8.60. The number of sulfonamides is 1. The first-order chi connectivity index (χ1) is 12.7. The first-order valence-corrected chi connectivity index (χ1v) is 10.4. The minimum atomic E-state index is -3.26. The Morgan fingerprint density at radius 1 is 1.11 bits per heavy atom. The highest BCUT2D eigenvalue weighted by atomic mass is 32.2. The SMILES string of the molecule is COc1ccc(C(=O)N2CCN(C(=O)NCCN(C)S(C)(=O)=O)CC2)cc1. The van der Waals surface area contributed by atoms with E-state index in [4.69, 9.17) is 4.74 Å². The van der Waals surface area contributed by atoms with Crippen molar-refractivity contribution < 1.29 is 22.7 Å². The van der Waals surface area contributed by atoms with Crippen LogP contribution in [0.2, 0.25) is 0 Å². The molecule has 0 saturated carbocycles. The smallest absolute Gasteiger partial charge is 0.317 e. The van der Waals surface area contributed by atoms with Crippen LogP contribution >= 0.6 is 0 Å². The monoisotopic (exact) mass is 398 g/mol. The van der Waals surface area contributed by atoms with E-state index < -0.39 is 10.0 Å².